The van der Waals surface area contributed by atoms with E-state index in [-0.39, 0.29) is 18.1 Å². The summed E-state index contributed by atoms with van der Waals surface area (Å²) in [5.74, 6) is 2.11. The lowest BCUT2D eigenvalue weighted by atomic mass is 10.2. The van der Waals surface area contributed by atoms with Crippen molar-refractivity contribution in [3.63, 3.8) is 0 Å². The van der Waals surface area contributed by atoms with Crippen molar-refractivity contribution in [3.8, 4) is 12.3 Å². The Morgan fingerprint density at radius 2 is 2.04 bits per heavy atom. The van der Waals surface area contributed by atoms with Crippen molar-refractivity contribution in [3.05, 3.63) is 69.0 Å². The van der Waals surface area contributed by atoms with Crippen molar-refractivity contribution in [1.29, 1.82) is 0 Å². The van der Waals surface area contributed by atoms with Gasteiger partial charge in [-0.3, -0.25) is 14.9 Å². The molecule has 0 fully saturated rings. The number of terminal acetylenes is 1. The van der Waals surface area contributed by atoms with E-state index in [1.807, 2.05) is 6.07 Å². The number of hydrogen-bond acceptors (Lipinski definition) is 4. The van der Waals surface area contributed by atoms with E-state index in [1.54, 1.807) is 34.9 Å². The third kappa shape index (κ3) is 2.95. The number of amides is 1. The predicted molar refractivity (Wildman–Crippen MR) is 91.6 cm³/mol. The molecule has 0 aliphatic rings. The monoisotopic (exact) mass is 337 g/mol. The Bertz CT molecular complexity index is 1040. The minimum absolute atomic E-state index is 0.0352. The van der Waals surface area contributed by atoms with E-state index in [0.717, 1.165) is 4.70 Å². The van der Waals surface area contributed by atoms with E-state index in [1.165, 1.54) is 23.5 Å². The molecule has 1 aromatic heterocycles. The van der Waals surface area contributed by atoms with Gasteiger partial charge in [-0.15, -0.1) is 6.42 Å². The summed E-state index contributed by atoms with van der Waals surface area (Å²) in [6.07, 6.45) is 5.39. The van der Waals surface area contributed by atoms with Gasteiger partial charge in [0.2, 0.25) is 0 Å². The molecule has 0 atom stereocenters. The van der Waals surface area contributed by atoms with Gasteiger partial charge in [0.1, 0.15) is 0 Å². The molecular weight excluding hydrogens is 326 g/mol. The first-order valence-corrected chi connectivity index (χ1v) is 7.77. The summed E-state index contributed by atoms with van der Waals surface area (Å²) in [6.45, 7) is 0.169. The van der Waals surface area contributed by atoms with Gasteiger partial charge in [0.15, 0.2) is 4.80 Å². The zero-order chi connectivity index (χ0) is 17.1. The molecule has 0 bridgehead atoms. The smallest absolute Gasteiger partial charge is 0.279 e. The molecule has 118 valence electrons. The average molecular weight is 337 g/mol. The Hall–Kier alpha value is -3.24. The standard InChI is InChI=1S/C17H11N3O3S/c1-2-10-19-14-11-13(20(22)23)8-9-15(14)24-17(19)18-16(21)12-6-4-3-5-7-12/h1,3-9,11H,10H2. The summed E-state index contributed by atoms with van der Waals surface area (Å²) in [5.41, 5.74) is 1.02. The lowest BCUT2D eigenvalue weighted by molar-refractivity contribution is -0.384. The number of benzene rings is 2. The van der Waals surface area contributed by atoms with Crippen LogP contribution in [0, 0.1) is 22.5 Å². The number of rotatable bonds is 3. The lowest BCUT2D eigenvalue weighted by Crippen LogP contribution is -2.16. The van der Waals surface area contributed by atoms with E-state index < -0.39 is 4.92 Å². The molecule has 0 unspecified atom stereocenters. The number of nitrogens with zero attached hydrogens (tertiary/aromatic N) is 3. The van der Waals surface area contributed by atoms with Crippen LogP contribution in [-0.2, 0) is 6.54 Å². The van der Waals surface area contributed by atoms with Crippen LogP contribution in [0.4, 0.5) is 5.69 Å². The average Bonchev–Trinajstić information content (AvgIpc) is 2.92. The maximum Gasteiger partial charge on any atom is 0.279 e. The van der Waals surface area contributed by atoms with E-state index in [0.29, 0.717) is 15.9 Å². The highest BCUT2D eigenvalue weighted by molar-refractivity contribution is 7.16. The highest BCUT2D eigenvalue weighted by Gasteiger charge is 2.13. The number of nitro benzene ring substituents is 1. The van der Waals surface area contributed by atoms with E-state index in [2.05, 4.69) is 10.9 Å². The van der Waals surface area contributed by atoms with Crippen LogP contribution in [0.15, 0.2) is 53.5 Å². The first-order valence-electron chi connectivity index (χ1n) is 6.95. The second-order valence-corrected chi connectivity index (χ2v) is 5.88. The summed E-state index contributed by atoms with van der Waals surface area (Å²) in [5, 5.41) is 11.0. The topological polar surface area (TPSA) is 77.5 Å². The fourth-order valence-electron chi connectivity index (χ4n) is 2.23. The predicted octanol–water partition coefficient (Wildman–Crippen LogP) is 2.99. The van der Waals surface area contributed by atoms with Crippen LogP contribution in [0.25, 0.3) is 10.2 Å². The first-order chi connectivity index (χ1) is 11.6. The van der Waals surface area contributed by atoms with Crippen LogP contribution in [0.1, 0.15) is 10.4 Å². The van der Waals surface area contributed by atoms with Gasteiger partial charge in [-0.25, -0.2) is 0 Å². The van der Waals surface area contributed by atoms with Gasteiger partial charge in [-0.2, -0.15) is 4.99 Å². The molecule has 2 aromatic carbocycles. The highest BCUT2D eigenvalue weighted by Crippen LogP contribution is 2.23. The molecule has 3 rings (SSSR count). The number of non-ortho nitro benzene ring substituents is 1. The molecule has 0 saturated heterocycles. The van der Waals surface area contributed by atoms with Crippen molar-refractivity contribution in [2.24, 2.45) is 4.99 Å². The third-order valence-electron chi connectivity index (χ3n) is 3.34. The Kier molecular flexibility index (Phi) is 4.22. The molecule has 24 heavy (non-hydrogen) atoms. The van der Waals surface area contributed by atoms with Crippen LogP contribution in [0.5, 0.6) is 0 Å². The van der Waals surface area contributed by atoms with Gasteiger partial charge in [-0.05, 0) is 18.2 Å². The maximum atomic E-state index is 12.3. The fraction of sp³-hybridized carbons (Fsp3) is 0.0588. The molecule has 0 aliphatic carbocycles. The van der Waals surface area contributed by atoms with Crippen LogP contribution in [-0.4, -0.2) is 15.4 Å². The number of hydrogen-bond donors (Lipinski definition) is 0. The molecule has 3 aromatic rings. The van der Waals surface area contributed by atoms with Gasteiger partial charge in [0.25, 0.3) is 11.6 Å². The minimum atomic E-state index is -0.469. The molecule has 0 saturated carbocycles. The third-order valence-corrected chi connectivity index (χ3v) is 4.40. The van der Waals surface area contributed by atoms with Crippen molar-refractivity contribution >= 4 is 33.1 Å². The van der Waals surface area contributed by atoms with Gasteiger partial charge in [0, 0.05) is 17.7 Å². The number of fused-ring (bicyclic) bond motifs is 1. The first kappa shape index (κ1) is 15.6. The lowest BCUT2D eigenvalue weighted by Gasteiger charge is -2.00. The SMILES string of the molecule is C#CCn1c(=NC(=O)c2ccccc2)sc2ccc([N+](=O)[O-])cc21. The van der Waals surface area contributed by atoms with Crippen molar-refractivity contribution in [2.45, 2.75) is 6.54 Å². The van der Waals surface area contributed by atoms with Gasteiger partial charge >= 0.3 is 0 Å². The Labute approximate surface area is 140 Å². The van der Waals surface area contributed by atoms with E-state index >= 15 is 0 Å². The van der Waals surface area contributed by atoms with Crippen LogP contribution < -0.4 is 4.80 Å². The molecule has 0 spiro atoms. The van der Waals surface area contributed by atoms with Crippen LogP contribution in [0.2, 0.25) is 0 Å². The summed E-state index contributed by atoms with van der Waals surface area (Å²) in [6, 6.07) is 13.2. The maximum absolute atomic E-state index is 12.3. The number of thiazole rings is 1. The van der Waals surface area contributed by atoms with Gasteiger partial charge < -0.3 is 4.57 Å². The molecule has 0 aliphatic heterocycles. The van der Waals surface area contributed by atoms with Crippen molar-refractivity contribution in [2.75, 3.05) is 0 Å². The molecule has 7 heteroatoms. The summed E-state index contributed by atoms with van der Waals surface area (Å²) < 4.78 is 2.41. The van der Waals surface area contributed by atoms with Crippen molar-refractivity contribution in [1.82, 2.24) is 4.57 Å². The van der Waals surface area contributed by atoms with Gasteiger partial charge in [0.05, 0.1) is 21.7 Å². The van der Waals surface area contributed by atoms with E-state index in [4.69, 9.17) is 6.42 Å². The second kappa shape index (κ2) is 6.48. The Morgan fingerprint density at radius 3 is 2.71 bits per heavy atom. The van der Waals surface area contributed by atoms with Crippen molar-refractivity contribution < 1.29 is 9.72 Å². The quantitative estimate of drug-likeness (QED) is 0.419. The Balaban J connectivity index is 2.19. The fourth-order valence-corrected chi connectivity index (χ4v) is 3.24. The summed E-state index contributed by atoms with van der Waals surface area (Å²) in [7, 11) is 0. The summed E-state index contributed by atoms with van der Waals surface area (Å²) in [4.78, 5) is 27.3. The molecule has 0 radical (unpaired) electrons. The zero-order valence-corrected chi connectivity index (χ0v) is 13.2. The molecule has 1 heterocycles. The number of carbonyl (C=O) groups excluding carboxylic acids is 1. The zero-order valence-electron chi connectivity index (χ0n) is 12.4. The number of carbonyl (C=O) groups is 1. The molecular formula is C17H11N3O3S. The summed E-state index contributed by atoms with van der Waals surface area (Å²) >= 11 is 1.26. The molecule has 0 N–H and O–H groups in total. The van der Waals surface area contributed by atoms with Gasteiger partial charge in [-0.1, -0.05) is 35.5 Å². The largest absolute Gasteiger partial charge is 0.304 e. The number of aromatic nitrogens is 1. The molecule has 6 nitrogen and oxygen atoms in total. The number of nitro groups is 1. The van der Waals surface area contributed by atoms with E-state index in [9.17, 15) is 14.9 Å². The Morgan fingerprint density at radius 1 is 1.29 bits per heavy atom. The van der Waals surface area contributed by atoms with Crippen LogP contribution in [0.3, 0.4) is 0 Å². The second-order valence-electron chi connectivity index (χ2n) is 4.87. The highest BCUT2D eigenvalue weighted by atomic mass is 32.1. The molecule has 1 amide bonds. The minimum Gasteiger partial charge on any atom is -0.304 e. The van der Waals surface area contributed by atoms with Crippen LogP contribution >= 0.6 is 11.3 Å². The normalized spacial score (nSPS) is 11.4.